The lowest BCUT2D eigenvalue weighted by Crippen LogP contribution is -2.12. The van der Waals surface area contributed by atoms with E-state index in [2.05, 4.69) is 37.6 Å². The van der Waals surface area contributed by atoms with Crippen molar-refractivity contribution in [3.8, 4) is 17.5 Å². The number of hydrogen-bond acceptors (Lipinski definition) is 6. The minimum Gasteiger partial charge on any atom is -0.442 e. The molecule has 7 heteroatoms. The van der Waals surface area contributed by atoms with E-state index in [1.54, 1.807) is 12.4 Å². The summed E-state index contributed by atoms with van der Waals surface area (Å²) in [4.78, 5) is 8.55. The van der Waals surface area contributed by atoms with Gasteiger partial charge in [-0.15, -0.1) is 0 Å². The molecule has 6 rings (SSSR count). The Balaban J connectivity index is 1.37. The fourth-order valence-electron chi connectivity index (χ4n) is 4.23. The third-order valence-corrected chi connectivity index (χ3v) is 5.59. The van der Waals surface area contributed by atoms with Gasteiger partial charge in [0.25, 0.3) is 0 Å². The summed E-state index contributed by atoms with van der Waals surface area (Å²) >= 11 is 0. The minimum atomic E-state index is 0.177. The number of pyridine rings is 1. The lowest BCUT2D eigenvalue weighted by molar-refractivity contribution is 0.570. The summed E-state index contributed by atoms with van der Waals surface area (Å²) in [7, 11) is 0. The van der Waals surface area contributed by atoms with Crippen LogP contribution in [0.4, 0.5) is 5.69 Å². The van der Waals surface area contributed by atoms with Crippen LogP contribution in [0.2, 0.25) is 0 Å². The predicted octanol–water partition coefficient (Wildman–Crippen LogP) is 3.75. The third-order valence-electron chi connectivity index (χ3n) is 5.59. The van der Waals surface area contributed by atoms with Gasteiger partial charge in [-0.1, -0.05) is 0 Å². The summed E-state index contributed by atoms with van der Waals surface area (Å²) in [5, 5.41) is 21.1. The van der Waals surface area contributed by atoms with E-state index in [4.69, 9.17) is 9.68 Å². The summed E-state index contributed by atoms with van der Waals surface area (Å²) in [5.74, 6) is 1.72. The van der Waals surface area contributed by atoms with Gasteiger partial charge in [-0.2, -0.15) is 10.4 Å². The zero-order valence-corrected chi connectivity index (χ0v) is 14.2. The molecule has 1 aromatic carbocycles. The Hall–Kier alpha value is -3.66. The largest absolute Gasteiger partial charge is 0.442 e. The van der Waals surface area contributed by atoms with Crippen LogP contribution in [0, 0.1) is 17.2 Å². The van der Waals surface area contributed by atoms with E-state index < -0.39 is 0 Å². The Morgan fingerprint density at radius 1 is 1.26 bits per heavy atom. The molecule has 0 aliphatic heterocycles. The smallest absolute Gasteiger partial charge is 0.181 e. The Morgan fingerprint density at radius 2 is 2.22 bits per heavy atom. The highest BCUT2D eigenvalue weighted by molar-refractivity contribution is 5.93. The van der Waals surface area contributed by atoms with E-state index in [9.17, 15) is 0 Å². The molecule has 4 aromatic rings. The molecule has 0 spiro atoms. The normalized spacial score (nSPS) is 22.3. The Morgan fingerprint density at radius 3 is 3.07 bits per heavy atom. The quantitative estimate of drug-likeness (QED) is 0.581. The maximum absolute atomic E-state index is 9.13. The molecule has 3 atom stereocenters. The number of aromatic amines is 1. The zero-order chi connectivity index (χ0) is 18.0. The fraction of sp³-hybridized carbons (Fsp3) is 0.200. The van der Waals surface area contributed by atoms with Crippen molar-refractivity contribution < 1.29 is 4.42 Å². The Kier molecular flexibility index (Phi) is 2.78. The monoisotopic (exact) mass is 354 g/mol. The molecule has 3 heterocycles. The number of benzene rings is 1. The van der Waals surface area contributed by atoms with Crippen molar-refractivity contribution in [2.75, 3.05) is 5.32 Å². The SMILES string of the molecule is N#Cc1cnc2c(c1)C1CC1[C@@H]2Nc1ccc2[nH]nc(-c3cnco3)c2c1. The Labute approximate surface area is 154 Å². The molecule has 2 aliphatic carbocycles. The lowest BCUT2D eigenvalue weighted by Gasteiger charge is -2.17. The highest BCUT2D eigenvalue weighted by atomic mass is 16.3. The molecule has 130 valence electrons. The van der Waals surface area contributed by atoms with Crippen LogP contribution in [0.3, 0.4) is 0 Å². The van der Waals surface area contributed by atoms with Crippen molar-refractivity contribution in [3.05, 3.63) is 59.9 Å². The van der Waals surface area contributed by atoms with Crippen LogP contribution in [0.1, 0.15) is 35.2 Å². The van der Waals surface area contributed by atoms with Crippen LogP contribution >= 0.6 is 0 Å². The van der Waals surface area contributed by atoms with E-state index in [1.165, 1.54) is 12.0 Å². The van der Waals surface area contributed by atoms with Gasteiger partial charge in [0, 0.05) is 17.3 Å². The number of H-pyrrole nitrogens is 1. The van der Waals surface area contributed by atoms with Gasteiger partial charge >= 0.3 is 0 Å². The zero-order valence-electron chi connectivity index (χ0n) is 14.2. The van der Waals surface area contributed by atoms with Crippen LogP contribution in [0.25, 0.3) is 22.4 Å². The van der Waals surface area contributed by atoms with Gasteiger partial charge in [-0.25, -0.2) is 4.98 Å². The van der Waals surface area contributed by atoms with Crippen LogP contribution in [-0.4, -0.2) is 20.2 Å². The molecular weight excluding hydrogens is 340 g/mol. The summed E-state index contributed by atoms with van der Waals surface area (Å²) in [6, 6.07) is 10.5. The van der Waals surface area contributed by atoms with Crippen LogP contribution in [0.15, 0.2) is 47.5 Å². The standard InChI is InChI=1S/C20H14N6O/c21-6-10-3-13-12-5-14(12)20(19(13)23-7-10)24-11-1-2-16-15(4-11)18(26-25-16)17-8-22-9-27-17/h1-4,7-9,12,14,20,24H,5H2,(H,25,26)/t12?,14?,20-/m0/s1. The molecule has 1 fully saturated rings. The predicted molar refractivity (Wildman–Crippen MR) is 97.8 cm³/mol. The highest BCUT2D eigenvalue weighted by Gasteiger charge is 2.53. The second kappa shape index (κ2) is 5.17. The van der Waals surface area contributed by atoms with E-state index >= 15 is 0 Å². The first kappa shape index (κ1) is 14.5. The van der Waals surface area contributed by atoms with Crippen molar-refractivity contribution in [1.29, 1.82) is 5.26 Å². The van der Waals surface area contributed by atoms with Crippen molar-refractivity contribution in [2.24, 2.45) is 5.92 Å². The first-order valence-electron chi connectivity index (χ1n) is 8.85. The van der Waals surface area contributed by atoms with E-state index in [-0.39, 0.29) is 6.04 Å². The summed E-state index contributed by atoms with van der Waals surface area (Å²) in [6.07, 6.45) is 5.88. The van der Waals surface area contributed by atoms with Gasteiger partial charge in [-0.3, -0.25) is 10.1 Å². The number of aromatic nitrogens is 4. The number of fused-ring (bicyclic) bond motifs is 4. The van der Waals surface area contributed by atoms with Gasteiger partial charge in [0.05, 0.1) is 29.0 Å². The summed E-state index contributed by atoms with van der Waals surface area (Å²) < 4.78 is 5.40. The molecule has 2 unspecified atom stereocenters. The molecule has 0 radical (unpaired) electrons. The molecular formula is C20H14N6O. The van der Waals surface area contributed by atoms with Crippen LogP contribution in [-0.2, 0) is 0 Å². The topological polar surface area (TPSA) is 103 Å². The lowest BCUT2D eigenvalue weighted by atomic mass is 10.1. The first-order valence-corrected chi connectivity index (χ1v) is 8.85. The third kappa shape index (κ3) is 2.10. The number of nitriles is 1. The molecule has 2 N–H and O–H groups in total. The molecule has 7 nitrogen and oxygen atoms in total. The van der Waals surface area contributed by atoms with E-state index in [0.717, 1.165) is 34.4 Å². The summed E-state index contributed by atoms with van der Waals surface area (Å²) in [6.45, 7) is 0. The molecule has 0 saturated heterocycles. The number of nitrogens with zero attached hydrogens (tertiary/aromatic N) is 4. The van der Waals surface area contributed by atoms with E-state index in [1.807, 2.05) is 18.2 Å². The van der Waals surface area contributed by atoms with Gasteiger partial charge in [0.2, 0.25) is 0 Å². The molecule has 1 saturated carbocycles. The second-order valence-corrected chi connectivity index (χ2v) is 7.14. The minimum absolute atomic E-state index is 0.177. The molecule has 0 amide bonds. The van der Waals surface area contributed by atoms with Crippen LogP contribution < -0.4 is 5.32 Å². The summed E-state index contributed by atoms with van der Waals surface area (Å²) in [5.41, 5.74) is 5.64. The number of nitrogens with one attached hydrogen (secondary N) is 2. The second-order valence-electron chi connectivity index (χ2n) is 7.14. The van der Waals surface area contributed by atoms with Crippen LogP contribution in [0.5, 0.6) is 0 Å². The molecule has 0 bridgehead atoms. The average Bonchev–Trinajstić information content (AvgIpc) is 3.04. The molecule has 2 aliphatic rings. The van der Waals surface area contributed by atoms with Crippen molar-refractivity contribution in [2.45, 2.75) is 18.4 Å². The maximum atomic E-state index is 9.13. The van der Waals surface area contributed by atoms with Gasteiger partial charge in [0.1, 0.15) is 11.8 Å². The van der Waals surface area contributed by atoms with Gasteiger partial charge in [0.15, 0.2) is 12.2 Å². The molecule has 27 heavy (non-hydrogen) atoms. The number of hydrogen-bond donors (Lipinski definition) is 2. The highest BCUT2D eigenvalue weighted by Crippen LogP contribution is 2.62. The number of anilines is 1. The van der Waals surface area contributed by atoms with Gasteiger partial charge < -0.3 is 9.73 Å². The maximum Gasteiger partial charge on any atom is 0.181 e. The van der Waals surface area contributed by atoms with Crippen molar-refractivity contribution >= 4 is 16.6 Å². The number of rotatable bonds is 3. The van der Waals surface area contributed by atoms with Gasteiger partial charge in [-0.05, 0) is 48.1 Å². The van der Waals surface area contributed by atoms with Crippen molar-refractivity contribution in [1.82, 2.24) is 20.2 Å². The Bertz CT molecular complexity index is 1220. The first-order chi connectivity index (χ1) is 13.3. The fourth-order valence-corrected chi connectivity index (χ4v) is 4.23. The number of oxazole rings is 1. The van der Waals surface area contributed by atoms with Crippen molar-refractivity contribution in [3.63, 3.8) is 0 Å². The average molecular weight is 354 g/mol. The van der Waals surface area contributed by atoms with E-state index in [0.29, 0.717) is 23.2 Å². The molecule has 3 aromatic heterocycles.